The van der Waals surface area contributed by atoms with Crippen LogP contribution in [0.3, 0.4) is 0 Å². The number of ether oxygens (including phenoxy) is 1. The molecule has 0 aromatic heterocycles. The molecule has 1 aliphatic rings. The Kier molecular flexibility index (Phi) is 12.6. The van der Waals surface area contributed by atoms with Gasteiger partial charge < -0.3 is 4.74 Å². The van der Waals surface area contributed by atoms with Crippen LogP contribution in [0.4, 0.5) is 0 Å². The predicted octanol–water partition coefficient (Wildman–Crippen LogP) is 8.26. The topological polar surface area (TPSA) is 56.8 Å². The van der Waals surface area contributed by atoms with E-state index in [0.29, 0.717) is 29.4 Å². The Labute approximate surface area is 196 Å². The molecule has 0 amide bonds. The molecule has 1 fully saturated rings. The van der Waals surface area contributed by atoms with Gasteiger partial charge in [-0.1, -0.05) is 83.4 Å². The van der Waals surface area contributed by atoms with Gasteiger partial charge in [0.2, 0.25) is 0 Å². The Balaban J connectivity index is 1.77. The molecule has 32 heavy (non-hydrogen) atoms. The minimum Gasteiger partial charge on any atom is -0.488 e. The SMILES string of the molecule is CCCCCCCC1CCC(/C=C/COc2ccc(CCCCC)c(C#N)c2C#N)CC1. The van der Waals surface area contributed by atoms with Gasteiger partial charge in [-0.05, 0) is 62.0 Å². The quantitative estimate of drug-likeness (QED) is 0.219. The fourth-order valence-electron chi connectivity index (χ4n) is 4.85. The summed E-state index contributed by atoms with van der Waals surface area (Å²) in [6, 6.07) is 8.25. The van der Waals surface area contributed by atoms with Gasteiger partial charge in [-0.15, -0.1) is 0 Å². The molecule has 1 aliphatic carbocycles. The molecule has 3 heteroatoms. The molecule has 0 bridgehead atoms. The zero-order chi connectivity index (χ0) is 23.0. The van der Waals surface area contributed by atoms with Crippen molar-refractivity contribution in [3.63, 3.8) is 0 Å². The molecule has 174 valence electrons. The Morgan fingerprint density at radius 2 is 1.56 bits per heavy atom. The van der Waals surface area contributed by atoms with E-state index in [2.05, 4.69) is 38.1 Å². The summed E-state index contributed by atoms with van der Waals surface area (Å²) in [4.78, 5) is 0. The fourth-order valence-corrected chi connectivity index (χ4v) is 4.85. The first-order valence-corrected chi connectivity index (χ1v) is 13.0. The average Bonchev–Trinajstić information content (AvgIpc) is 2.82. The smallest absolute Gasteiger partial charge is 0.138 e. The van der Waals surface area contributed by atoms with Crippen LogP contribution in [0, 0.1) is 34.5 Å². The lowest BCUT2D eigenvalue weighted by Crippen LogP contribution is -2.13. The molecule has 3 nitrogen and oxygen atoms in total. The summed E-state index contributed by atoms with van der Waals surface area (Å²) >= 11 is 0. The van der Waals surface area contributed by atoms with E-state index in [9.17, 15) is 10.5 Å². The largest absolute Gasteiger partial charge is 0.488 e. The molecule has 1 aromatic carbocycles. The Morgan fingerprint density at radius 3 is 2.25 bits per heavy atom. The lowest BCUT2D eigenvalue weighted by Gasteiger charge is -2.26. The van der Waals surface area contributed by atoms with Crippen molar-refractivity contribution in [2.45, 2.75) is 104 Å². The minimum absolute atomic E-state index is 0.384. The third kappa shape index (κ3) is 8.70. The summed E-state index contributed by atoms with van der Waals surface area (Å²) in [7, 11) is 0. The van der Waals surface area contributed by atoms with Crippen molar-refractivity contribution < 1.29 is 4.74 Å². The van der Waals surface area contributed by atoms with Crippen LogP contribution >= 0.6 is 0 Å². The molecule has 2 rings (SSSR count). The van der Waals surface area contributed by atoms with Crippen molar-refractivity contribution in [3.05, 3.63) is 41.0 Å². The molecule has 1 saturated carbocycles. The van der Waals surface area contributed by atoms with E-state index in [1.807, 2.05) is 12.1 Å². The molecule has 0 unspecified atom stereocenters. The summed E-state index contributed by atoms with van der Waals surface area (Å²) < 4.78 is 5.89. The van der Waals surface area contributed by atoms with Crippen LogP contribution in [0.15, 0.2) is 24.3 Å². The van der Waals surface area contributed by atoms with E-state index in [1.54, 1.807) is 0 Å². The van der Waals surface area contributed by atoms with Gasteiger partial charge in [-0.2, -0.15) is 10.5 Å². The third-order valence-corrected chi connectivity index (χ3v) is 6.88. The molecule has 0 saturated heterocycles. The molecule has 0 aliphatic heterocycles. The highest BCUT2D eigenvalue weighted by atomic mass is 16.5. The summed E-state index contributed by atoms with van der Waals surface area (Å²) in [5.74, 6) is 2.11. The van der Waals surface area contributed by atoms with E-state index in [-0.39, 0.29) is 0 Å². The Bertz CT molecular complexity index is 776. The van der Waals surface area contributed by atoms with Gasteiger partial charge in [0.05, 0.1) is 5.56 Å². The second kappa shape index (κ2) is 15.5. The zero-order valence-electron chi connectivity index (χ0n) is 20.4. The van der Waals surface area contributed by atoms with Crippen LogP contribution in [0.2, 0.25) is 0 Å². The van der Waals surface area contributed by atoms with Crippen molar-refractivity contribution in [1.29, 1.82) is 10.5 Å². The summed E-state index contributed by atoms with van der Waals surface area (Å²) in [6.07, 6.45) is 22.2. The molecule has 0 radical (unpaired) electrons. The number of benzene rings is 1. The van der Waals surface area contributed by atoms with Crippen molar-refractivity contribution >= 4 is 0 Å². The van der Waals surface area contributed by atoms with E-state index in [1.165, 1.54) is 64.2 Å². The van der Waals surface area contributed by atoms with Crippen LogP contribution in [-0.4, -0.2) is 6.61 Å². The maximum Gasteiger partial charge on any atom is 0.138 e. The van der Waals surface area contributed by atoms with E-state index in [0.717, 1.165) is 37.2 Å². The summed E-state index contributed by atoms with van der Waals surface area (Å²) in [5.41, 5.74) is 1.83. The maximum atomic E-state index is 9.62. The average molecular weight is 435 g/mol. The van der Waals surface area contributed by atoms with Crippen LogP contribution in [-0.2, 0) is 6.42 Å². The lowest BCUT2D eigenvalue weighted by molar-refractivity contribution is 0.287. The Hall–Kier alpha value is -2.26. The van der Waals surface area contributed by atoms with Crippen LogP contribution in [0.25, 0.3) is 0 Å². The number of hydrogen-bond acceptors (Lipinski definition) is 3. The number of nitrogens with zero attached hydrogens (tertiary/aromatic N) is 2. The molecule has 1 aromatic rings. The van der Waals surface area contributed by atoms with Crippen molar-refractivity contribution in [3.8, 4) is 17.9 Å². The number of unbranched alkanes of at least 4 members (excludes halogenated alkanes) is 6. The Morgan fingerprint density at radius 1 is 0.875 bits per heavy atom. The normalized spacial score (nSPS) is 18.4. The van der Waals surface area contributed by atoms with Gasteiger partial charge >= 0.3 is 0 Å². The zero-order valence-corrected chi connectivity index (χ0v) is 20.4. The third-order valence-electron chi connectivity index (χ3n) is 6.88. The number of allylic oxidation sites excluding steroid dienone is 1. The first-order chi connectivity index (χ1) is 15.7. The second-order valence-electron chi connectivity index (χ2n) is 9.38. The molecular formula is C29H42N2O. The highest BCUT2D eigenvalue weighted by Gasteiger charge is 2.19. The van der Waals surface area contributed by atoms with Crippen molar-refractivity contribution in [1.82, 2.24) is 0 Å². The number of nitriles is 2. The molecule has 0 atom stereocenters. The monoisotopic (exact) mass is 434 g/mol. The van der Waals surface area contributed by atoms with E-state index >= 15 is 0 Å². The van der Waals surface area contributed by atoms with Gasteiger partial charge in [-0.25, -0.2) is 0 Å². The number of hydrogen-bond donors (Lipinski definition) is 0. The van der Waals surface area contributed by atoms with Crippen molar-refractivity contribution in [2.24, 2.45) is 11.8 Å². The van der Waals surface area contributed by atoms with Crippen LogP contribution < -0.4 is 4.74 Å². The highest BCUT2D eigenvalue weighted by molar-refractivity contribution is 5.57. The summed E-state index contributed by atoms with van der Waals surface area (Å²) in [6.45, 7) is 4.89. The lowest BCUT2D eigenvalue weighted by atomic mass is 9.79. The molecular weight excluding hydrogens is 392 g/mol. The first kappa shape index (κ1) is 26.0. The van der Waals surface area contributed by atoms with E-state index < -0.39 is 0 Å². The van der Waals surface area contributed by atoms with Gasteiger partial charge in [0.15, 0.2) is 0 Å². The van der Waals surface area contributed by atoms with Gasteiger partial charge in [-0.3, -0.25) is 0 Å². The van der Waals surface area contributed by atoms with Crippen LogP contribution in [0.1, 0.15) is 114 Å². The molecule has 0 heterocycles. The standard InChI is InChI=1S/C29H42N2O/c1-3-5-7-8-10-12-24-15-17-25(18-16-24)13-11-21-32-29-20-19-26(14-9-6-4-2)27(22-30)28(29)23-31/h11,13,19-20,24-25H,3-10,12,14-18,21H2,1-2H3/b13-11+. The highest BCUT2D eigenvalue weighted by Crippen LogP contribution is 2.33. The fraction of sp³-hybridized carbons (Fsp3) is 0.655. The number of rotatable bonds is 14. The van der Waals surface area contributed by atoms with Crippen molar-refractivity contribution in [2.75, 3.05) is 6.61 Å². The minimum atomic E-state index is 0.384. The van der Waals surface area contributed by atoms with Crippen LogP contribution in [0.5, 0.6) is 5.75 Å². The summed E-state index contributed by atoms with van der Waals surface area (Å²) in [5, 5.41) is 19.2. The van der Waals surface area contributed by atoms with Gasteiger partial charge in [0.1, 0.15) is 30.1 Å². The number of aryl methyl sites for hydroxylation is 1. The molecule has 0 N–H and O–H groups in total. The second-order valence-corrected chi connectivity index (χ2v) is 9.38. The van der Waals surface area contributed by atoms with E-state index in [4.69, 9.17) is 4.74 Å². The molecule has 0 spiro atoms. The van der Waals surface area contributed by atoms with Gasteiger partial charge in [0.25, 0.3) is 0 Å². The van der Waals surface area contributed by atoms with Gasteiger partial charge in [0, 0.05) is 0 Å². The first-order valence-electron chi connectivity index (χ1n) is 13.0. The predicted molar refractivity (Wildman–Crippen MR) is 133 cm³/mol. The maximum absolute atomic E-state index is 9.62.